The van der Waals surface area contributed by atoms with Crippen molar-refractivity contribution < 1.29 is 64.6 Å². The Morgan fingerprint density at radius 2 is 0.646 bits per heavy atom. The van der Waals surface area contributed by atoms with Gasteiger partial charge in [0, 0.05) is 6.42 Å². The second kappa shape index (κ2) is 66.9. The van der Waals surface area contributed by atoms with Crippen LogP contribution in [0.5, 0.6) is 0 Å². The molecule has 96 heavy (non-hydrogen) atoms. The van der Waals surface area contributed by atoms with Crippen molar-refractivity contribution in [2.45, 2.75) is 485 Å². The fourth-order valence-electron chi connectivity index (χ4n) is 14.4. The van der Waals surface area contributed by atoms with Gasteiger partial charge in [-0.25, -0.2) is 0 Å². The molecular weight excluding hydrogens is 1210 g/mol. The lowest BCUT2D eigenvalue weighted by atomic mass is 9.97. The Kier molecular flexibility index (Phi) is 63.3. The molecular formula is C82H159NO13. The van der Waals surface area contributed by atoms with Crippen LogP contribution in [0.2, 0.25) is 0 Å². The number of amides is 1. The Morgan fingerprint density at radius 3 is 0.958 bits per heavy atom. The first-order chi connectivity index (χ1) is 47.1. The van der Waals surface area contributed by atoms with Gasteiger partial charge in [-0.15, -0.1) is 0 Å². The largest absolute Gasteiger partial charge is 0.394 e. The molecule has 14 nitrogen and oxygen atoms in total. The van der Waals surface area contributed by atoms with Gasteiger partial charge in [-0.3, -0.25) is 4.79 Å². The molecule has 12 atom stereocenters. The average molecular weight is 1370 g/mol. The van der Waals surface area contributed by atoms with E-state index in [-0.39, 0.29) is 18.9 Å². The van der Waals surface area contributed by atoms with Gasteiger partial charge in [0.1, 0.15) is 48.8 Å². The molecule has 2 rings (SSSR count). The van der Waals surface area contributed by atoms with Crippen molar-refractivity contribution in [3.05, 3.63) is 12.2 Å². The molecule has 2 heterocycles. The number of unbranched alkanes of at least 4 members (excludes halogenated alkanes) is 59. The van der Waals surface area contributed by atoms with E-state index in [4.69, 9.17) is 18.9 Å². The fourth-order valence-corrected chi connectivity index (χ4v) is 14.4. The van der Waals surface area contributed by atoms with Crippen LogP contribution in [0.25, 0.3) is 0 Å². The van der Waals surface area contributed by atoms with E-state index in [1.165, 1.54) is 347 Å². The molecule has 570 valence electrons. The molecule has 2 fully saturated rings. The van der Waals surface area contributed by atoms with Gasteiger partial charge >= 0.3 is 0 Å². The zero-order valence-corrected chi connectivity index (χ0v) is 62.7. The van der Waals surface area contributed by atoms with Crippen LogP contribution in [0, 0.1) is 0 Å². The van der Waals surface area contributed by atoms with Crippen molar-refractivity contribution in [2.75, 3.05) is 19.8 Å². The number of allylic oxidation sites excluding steroid dienone is 1. The van der Waals surface area contributed by atoms with Crippen LogP contribution in [0.4, 0.5) is 0 Å². The van der Waals surface area contributed by atoms with E-state index in [0.717, 1.165) is 44.9 Å². The number of aliphatic hydroxyl groups excluding tert-OH is 8. The van der Waals surface area contributed by atoms with Gasteiger partial charge in [0.25, 0.3) is 0 Å². The highest BCUT2D eigenvalue weighted by molar-refractivity contribution is 5.76. The number of rotatable bonds is 72. The quantitative estimate of drug-likeness (QED) is 0.0204. The molecule has 0 spiro atoms. The highest BCUT2D eigenvalue weighted by Gasteiger charge is 2.51. The second-order valence-electron chi connectivity index (χ2n) is 30.0. The summed E-state index contributed by atoms with van der Waals surface area (Å²) >= 11 is 0. The number of nitrogens with one attached hydrogen (secondary N) is 1. The molecule has 14 heteroatoms. The number of carbonyl (C=O) groups excluding carboxylic acids is 1. The van der Waals surface area contributed by atoms with Gasteiger partial charge in [0.2, 0.25) is 5.91 Å². The summed E-state index contributed by atoms with van der Waals surface area (Å²) in [6.45, 7) is 2.88. The number of ether oxygens (including phenoxy) is 4. The van der Waals surface area contributed by atoms with Crippen LogP contribution in [-0.2, 0) is 23.7 Å². The Hall–Kier alpha value is -1.27. The first-order valence-corrected chi connectivity index (χ1v) is 41.9. The lowest BCUT2D eigenvalue weighted by Gasteiger charge is -2.46. The Morgan fingerprint density at radius 1 is 0.365 bits per heavy atom. The molecule has 0 radical (unpaired) electrons. The lowest BCUT2D eigenvalue weighted by molar-refractivity contribution is -0.359. The number of carbonyl (C=O) groups is 1. The maximum atomic E-state index is 13.4. The molecule has 12 unspecified atom stereocenters. The van der Waals surface area contributed by atoms with Gasteiger partial charge < -0.3 is 65.1 Å². The summed E-state index contributed by atoms with van der Waals surface area (Å²) in [5.74, 6) is -0.228. The maximum absolute atomic E-state index is 13.4. The van der Waals surface area contributed by atoms with E-state index >= 15 is 0 Å². The SMILES string of the molecule is CCCCCCCCCCCCCCCCCCCCCCCC/C=C/C(O)C(COC1OC(CO)C(OC2OC(CO)C(O)C(O)C2O)C(O)C1O)NC(=O)CCCCCCCCCCCCCCCCCCCCCCCCCCCCCCCCCCCCCCCC. The normalized spacial score (nSPS) is 22.2. The van der Waals surface area contributed by atoms with Crippen molar-refractivity contribution in [3.63, 3.8) is 0 Å². The number of hydrogen-bond acceptors (Lipinski definition) is 13. The van der Waals surface area contributed by atoms with E-state index in [1.807, 2.05) is 6.08 Å². The summed E-state index contributed by atoms with van der Waals surface area (Å²) < 4.78 is 22.9. The van der Waals surface area contributed by atoms with E-state index < -0.39 is 86.8 Å². The second-order valence-corrected chi connectivity index (χ2v) is 30.0. The molecule has 0 aliphatic carbocycles. The smallest absolute Gasteiger partial charge is 0.220 e. The van der Waals surface area contributed by atoms with Crippen LogP contribution >= 0.6 is 0 Å². The van der Waals surface area contributed by atoms with Crippen molar-refractivity contribution in [1.82, 2.24) is 5.32 Å². The van der Waals surface area contributed by atoms with E-state index in [0.29, 0.717) is 0 Å². The molecule has 1 amide bonds. The van der Waals surface area contributed by atoms with Gasteiger partial charge in [-0.05, 0) is 19.3 Å². The van der Waals surface area contributed by atoms with Gasteiger partial charge in [-0.1, -0.05) is 398 Å². The fraction of sp³-hybridized carbons (Fsp3) is 0.963. The third kappa shape index (κ3) is 49.4. The Balaban J connectivity index is 1.57. The molecule has 2 aliphatic heterocycles. The van der Waals surface area contributed by atoms with Gasteiger partial charge in [0.15, 0.2) is 12.6 Å². The van der Waals surface area contributed by atoms with E-state index in [1.54, 1.807) is 6.08 Å². The predicted molar refractivity (Wildman–Crippen MR) is 397 cm³/mol. The lowest BCUT2D eigenvalue weighted by Crippen LogP contribution is -2.65. The van der Waals surface area contributed by atoms with E-state index in [2.05, 4.69) is 19.2 Å². The average Bonchev–Trinajstić information content (AvgIpc) is 0.796. The maximum Gasteiger partial charge on any atom is 0.220 e. The topological polar surface area (TPSA) is 228 Å². The molecule has 0 saturated carbocycles. The zero-order chi connectivity index (χ0) is 69.4. The molecule has 0 aromatic heterocycles. The minimum atomic E-state index is -1.79. The summed E-state index contributed by atoms with van der Waals surface area (Å²) in [6, 6.07) is -0.912. The van der Waals surface area contributed by atoms with Crippen LogP contribution in [0.15, 0.2) is 12.2 Å². The summed E-state index contributed by atoms with van der Waals surface area (Å²) in [5, 5.41) is 87.7. The first kappa shape index (κ1) is 90.8. The van der Waals surface area contributed by atoms with Crippen LogP contribution in [0.1, 0.15) is 412 Å². The summed E-state index contributed by atoms with van der Waals surface area (Å²) in [4.78, 5) is 13.4. The molecule has 2 aliphatic rings. The monoisotopic (exact) mass is 1370 g/mol. The molecule has 0 aromatic rings. The molecule has 9 N–H and O–H groups in total. The van der Waals surface area contributed by atoms with Crippen LogP contribution in [0.3, 0.4) is 0 Å². The summed E-state index contributed by atoms with van der Waals surface area (Å²) in [7, 11) is 0. The number of hydrogen-bond donors (Lipinski definition) is 9. The van der Waals surface area contributed by atoms with Gasteiger partial charge in [-0.2, -0.15) is 0 Å². The van der Waals surface area contributed by atoms with Crippen molar-refractivity contribution >= 4 is 5.91 Å². The van der Waals surface area contributed by atoms with Crippen molar-refractivity contribution in [3.8, 4) is 0 Å². The van der Waals surface area contributed by atoms with E-state index in [9.17, 15) is 45.6 Å². The summed E-state index contributed by atoms with van der Waals surface area (Å²) in [5.41, 5.74) is 0. The minimum Gasteiger partial charge on any atom is -0.394 e. The standard InChI is InChI=1S/C82H159NO13/c1-3-5-7-9-11-13-15-17-19-21-23-25-27-29-30-31-32-33-34-35-36-37-38-39-40-41-42-44-46-48-50-52-54-56-58-60-62-64-66-74(87)83-70(69-93-81-79(92)77(90)80(73(68-85)95-81)96-82-78(91)76(89)75(88)72(67-84)94-82)71(86)65-63-61-59-57-55-53-51-49-47-45-43-28-26-24-22-20-18-16-14-12-10-8-6-4-2/h63,65,70-73,75-82,84-86,88-92H,3-62,64,66-69H2,1-2H3,(H,83,87)/b65-63+. The minimum absolute atomic E-state index is 0.228. The Bertz CT molecular complexity index is 1660. The molecule has 2 saturated heterocycles. The van der Waals surface area contributed by atoms with Crippen molar-refractivity contribution in [2.24, 2.45) is 0 Å². The van der Waals surface area contributed by atoms with Crippen LogP contribution in [-0.4, -0.2) is 140 Å². The highest BCUT2D eigenvalue weighted by Crippen LogP contribution is 2.31. The predicted octanol–water partition coefficient (Wildman–Crippen LogP) is 19.3. The van der Waals surface area contributed by atoms with Crippen LogP contribution < -0.4 is 5.32 Å². The van der Waals surface area contributed by atoms with Crippen molar-refractivity contribution in [1.29, 1.82) is 0 Å². The zero-order valence-electron chi connectivity index (χ0n) is 62.7. The summed E-state index contributed by atoms with van der Waals surface area (Å²) in [6.07, 6.45) is 68.9. The number of aliphatic hydroxyl groups is 8. The molecule has 0 aromatic carbocycles. The third-order valence-corrected chi connectivity index (χ3v) is 21.0. The highest BCUT2D eigenvalue weighted by atomic mass is 16.7. The first-order valence-electron chi connectivity index (χ1n) is 41.9. The van der Waals surface area contributed by atoms with Gasteiger partial charge in [0.05, 0.1) is 32.0 Å². The third-order valence-electron chi connectivity index (χ3n) is 21.0. The molecule has 0 bridgehead atoms. The Labute approximate surface area is 590 Å².